The molecule has 98 valence electrons. The van der Waals surface area contributed by atoms with Crippen LogP contribution >= 0.6 is 0 Å². The Labute approximate surface area is 111 Å². The van der Waals surface area contributed by atoms with Crippen LogP contribution in [0.15, 0.2) is 41.3 Å². The number of carbonyl (C=O) groups is 1. The van der Waals surface area contributed by atoms with Crippen LogP contribution in [0.3, 0.4) is 0 Å². The number of amides is 1. The van der Waals surface area contributed by atoms with Gasteiger partial charge in [-0.2, -0.15) is 0 Å². The molecule has 1 aromatic heterocycles. The molecule has 1 heterocycles. The quantitative estimate of drug-likeness (QED) is 0.886. The van der Waals surface area contributed by atoms with E-state index >= 15 is 0 Å². The van der Waals surface area contributed by atoms with Crippen LogP contribution in [-0.4, -0.2) is 10.9 Å². The van der Waals surface area contributed by atoms with Crippen LogP contribution in [-0.2, 0) is 6.42 Å². The number of benzene rings is 1. The number of hydrogen-bond acceptors (Lipinski definition) is 2. The molecule has 19 heavy (non-hydrogen) atoms. The van der Waals surface area contributed by atoms with Gasteiger partial charge in [0, 0.05) is 18.0 Å². The summed E-state index contributed by atoms with van der Waals surface area (Å²) < 4.78 is 0. The molecule has 0 atom stereocenters. The van der Waals surface area contributed by atoms with Crippen LogP contribution in [0.1, 0.15) is 28.4 Å². The monoisotopic (exact) mass is 256 g/mol. The molecule has 0 aliphatic carbocycles. The number of anilines is 1. The van der Waals surface area contributed by atoms with Crippen molar-refractivity contribution < 1.29 is 4.79 Å². The van der Waals surface area contributed by atoms with Gasteiger partial charge >= 0.3 is 0 Å². The van der Waals surface area contributed by atoms with E-state index in [-0.39, 0.29) is 11.5 Å². The maximum Gasteiger partial charge on any atom is 0.257 e. The van der Waals surface area contributed by atoms with Crippen molar-refractivity contribution in [2.75, 3.05) is 5.32 Å². The van der Waals surface area contributed by atoms with E-state index in [1.54, 1.807) is 0 Å². The maximum atomic E-state index is 12.0. The van der Waals surface area contributed by atoms with Crippen LogP contribution in [0.5, 0.6) is 0 Å². The van der Waals surface area contributed by atoms with Crippen LogP contribution in [0.25, 0.3) is 0 Å². The van der Waals surface area contributed by atoms with E-state index in [1.165, 1.54) is 23.9 Å². The second kappa shape index (κ2) is 5.52. The number of rotatable bonds is 3. The zero-order valence-corrected chi connectivity index (χ0v) is 11.0. The number of aromatic nitrogens is 1. The average molecular weight is 256 g/mol. The van der Waals surface area contributed by atoms with Crippen molar-refractivity contribution in [3.05, 3.63) is 63.6 Å². The highest BCUT2D eigenvalue weighted by atomic mass is 16.1. The van der Waals surface area contributed by atoms with Gasteiger partial charge in [-0.1, -0.05) is 19.1 Å². The first kappa shape index (κ1) is 13.1. The van der Waals surface area contributed by atoms with E-state index < -0.39 is 0 Å². The van der Waals surface area contributed by atoms with Crippen molar-refractivity contribution in [3.8, 4) is 0 Å². The second-order valence-corrected chi connectivity index (χ2v) is 4.40. The molecule has 2 aromatic rings. The van der Waals surface area contributed by atoms with Crippen LogP contribution in [0, 0.1) is 6.92 Å². The van der Waals surface area contributed by atoms with Crippen molar-refractivity contribution in [1.82, 2.24) is 4.98 Å². The third kappa shape index (κ3) is 3.10. The van der Waals surface area contributed by atoms with E-state index in [9.17, 15) is 9.59 Å². The third-order valence-corrected chi connectivity index (χ3v) is 3.00. The molecule has 1 amide bonds. The molecule has 1 aromatic carbocycles. The molecule has 0 fully saturated rings. The van der Waals surface area contributed by atoms with Crippen molar-refractivity contribution in [1.29, 1.82) is 0 Å². The molecular weight excluding hydrogens is 240 g/mol. The minimum atomic E-state index is -0.229. The Morgan fingerprint density at radius 3 is 2.68 bits per heavy atom. The summed E-state index contributed by atoms with van der Waals surface area (Å²) in [5.41, 5.74) is 3.19. The second-order valence-electron chi connectivity index (χ2n) is 4.40. The molecule has 0 saturated heterocycles. The summed E-state index contributed by atoms with van der Waals surface area (Å²) in [6.07, 6.45) is 2.33. The third-order valence-electron chi connectivity index (χ3n) is 3.00. The van der Waals surface area contributed by atoms with Crippen LogP contribution < -0.4 is 10.9 Å². The zero-order valence-electron chi connectivity index (χ0n) is 11.0. The smallest absolute Gasteiger partial charge is 0.257 e. The number of aryl methyl sites for hydroxylation is 2. The Bertz CT molecular complexity index is 639. The van der Waals surface area contributed by atoms with Gasteiger partial charge in [-0.05, 0) is 36.6 Å². The van der Waals surface area contributed by atoms with E-state index in [4.69, 9.17) is 0 Å². The minimum Gasteiger partial charge on any atom is -0.328 e. The van der Waals surface area contributed by atoms with E-state index in [0.717, 1.165) is 17.7 Å². The van der Waals surface area contributed by atoms with Crippen molar-refractivity contribution in [2.45, 2.75) is 20.3 Å². The highest BCUT2D eigenvalue weighted by molar-refractivity contribution is 6.04. The molecule has 0 aliphatic rings. The number of hydrogen-bond donors (Lipinski definition) is 2. The summed E-state index contributed by atoms with van der Waals surface area (Å²) in [6.45, 7) is 4.01. The fourth-order valence-corrected chi connectivity index (χ4v) is 1.77. The lowest BCUT2D eigenvalue weighted by Crippen LogP contribution is -2.15. The molecule has 0 spiro atoms. The molecule has 2 N–H and O–H groups in total. The molecule has 0 radical (unpaired) electrons. The minimum absolute atomic E-state index is 0.222. The van der Waals surface area contributed by atoms with Crippen LogP contribution in [0.2, 0.25) is 0 Å². The Morgan fingerprint density at radius 2 is 2.05 bits per heavy atom. The number of pyridine rings is 1. The standard InChI is InChI=1S/C15H16N2O2/c1-3-11-5-4-10(2)13(8-11)17-15(19)12-6-7-14(18)16-9-12/h4-9H,3H2,1-2H3,(H,16,18)(H,17,19). The zero-order chi connectivity index (χ0) is 13.8. The summed E-state index contributed by atoms with van der Waals surface area (Å²) in [6, 6.07) is 8.85. The summed E-state index contributed by atoms with van der Waals surface area (Å²) in [5.74, 6) is -0.229. The van der Waals surface area contributed by atoms with E-state index in [0.29, 0.717) is 5.56 Å². The topological polar surface area (TPSA) is 62.0 Å². The van der Waals surface area contributed by atoms with Gasteiger partial charge in [-0.15, -0.1) is 0 Å². The molecular formula is C15H16N2O2. The number of carbonyl (C=O) groups excluding carboxylic acids is 1. The van der Waals surface area contributed by atoms with Gasteiger partial charge < -0.3 is 10.3 Å². The number of aromatic amines is 1. The first-order valence-electron chi connectivity index (χ1n) is 6.19. The molecule has 0 unspecified atom stereocenters. The van der Waals surface area contributed by atoms with Gasteiger partial charge in [0.1, 0.15) is 0 Å². The van der Waals surface area contributed by atoms with Gasteiger partial charge in [-0.25, -0.2) is 0 Å². The summed E-state index contributed by atoms with van der Waals surface area (Å²) >= 11 is 0. The Morgan fingerprint density at radius 1 is 1.26 bits per heavy atom. The number of nitrogens with one attached hydrogen (secondary N) is 2. The van der Waals surface area contributed by atoms with Gasteiger partial charge in [0.25, 0.3) is 5.91 Å². The van der Waals surface area contributed by atoms with Crippen molar-refractivity contribution in [2.24, 2.45) is 0 Å². The largest absolute Gasteiger partial charge is 0.328 e. The Kier molecular flexibility index (Phi) is 3.80. The summed E-state index contributed by atoms with van der Waals surface area (Å²) in [7, 11) is 0. The molecule has 0 bridgehead atoms. The summed E-state index contributed by atoms with van der Waals surface area (Å²) in [5, 5.41) is 2.86. The highest BCUT2D eigenvalue weighted by Crippen LogP contribution is 2.18. The Balaban J connectivity index is 2.23. The SMILES string of the molecule is CCc1ccc(C)c(NC(=O)c2ccc(=O)[nH]c2)c1. The summed E-state index contributed by atoms with van der Waals surface area (Å²) in [4.78, 5) is 25.5. The fraction of sp³-hybridized carbons (Fsp3) is 0.200. The molecule has 2 rings (SSSR count). The van der Waals surface area contributed by atoms with Crippen molar-refractivity contribution in [3.63, 3.8) is 0 Å². The molecule has 0 saturated carbocycles. The first-order valence-corrected chi connectivity index (χ1v) is 6.19. The molecule has 4 nitrogen and oxygen atoms in total. The van der Waals surface area contributed by atoms with Crippen molar-refractivity contribution >= 4 is 11.6 Å². The number of H-pyrrole nitrogens is 1. The van der Waals surface area contributed by atoms with Gasteiger partial charge in [0.15, 0.2) is 0 Å². The molecule has 4 heteroatoms. The molecule has 0 aliphatic heterocycles. The maximum absolute atomic E-state index is 12.0. The van der Waals surface area contributed by atoms with Gasteiger partial charge in [-0.3, -0.25) is 9.59 Å². The van der Waals surface area contributed by atoms with Gasteiger partial charge in [0.2, 0.25) is 5.56 Å². The highest BCUT2D eigenvalue weighted by Gasteiger charge is 2.08. The lowest BCUT2D eigenvalue weighted by atomic mass is 10.1. The fourth-order valence-electron chi connectivity index (χ4n) is 1.77. The lowest BCUT2D eigenvalue weighted by molar-refractivity contribution is 0.102. The Hall–Kier alpha value is -2.36. The predicted molar refractivity (Wildman–Crippen MR) is 75.6 cm³/mol. The average Bonchev–Trinajstić information content (AvgIpc) is 2.42. The van der Waals surface area contributed by atoms with E-state index in [2.05, 4.69) is 17.2 Å². The lowest BCUT2D eigenvalue weighted by Gasteiger charge is -2.10. The first-order chi connectivity index (χ1) is 9.10. The van der Waals surface area contributed by atoms with E-state index in [1.807, 2.05) is 25.1 Å². The predicted octanol–water partition coefficient (Wildman–Crippen LogP) is 2.50. The van der Waals surface area contributed by atoms with Gasteiger partial charge in [0.05, 0.1) is 5.56 Å². The van der Waals surface area contributed by atoms with Crippen LogP contribution in [0.4, 0.5) is 5.69 Å². The normalized spacial score (nSPS) is 10.2.